The molecular weight excluding hydrogens is 274 g/mol. The molecule has 1 aromatic heterocycles. The van der Waals surface area contributed by atoms with Crippen molar-refractivity contribution in [3.63, 3.8) is 0 Å². The SMILES string of the molecule is OCc1cc(Br)cnc1OC1CCOCC1. The monoisotopic (exact) mass is 287 g/mol. The zero-order valence-electron chi connectivity index (χ0n) is 8.86. The molecule has 1 aliphatic heterocycles. The van der Waals surface area contributed by atoms with Gasteiger partial charge < -0.3 is 14.6 Å². The van der Waals surface area contributed by atoms with Crippen molar-refractivity contribution in [2.75, 3.05) is 13.2 Å². The van der Waals surface area contributed by atoms with Gasteiger partial charge in [0.15, 0.2) is 0 Å². The van der Waals surface area contributed by atoms with E-state index >= 15 is 0 Å². The molecule has 0 atom stereocenters. The smallest absolute Gasteiger partial charge is 0.219 e. The summed E-state index contributed by atoms with van der Waals surface area (Å²) in [7, 11) is 0. The molecule has 0 radical (unpaired) electrons. The lowest BCUT2D eigenvalue weighted by Gasteiger charge is -2.23. The number of aromatic nitrogens is 1. The molecule has 0 unspecified atom stereocenters. The van der Waals surface area contributed by atoms with Crippen LogP contribution in [0, 0.1) is 0 Å². The van der Waals surface area contributed by atoms with Crippen LogP contribution in [0.1, 0.15) is 18.4 Å². The Balaban J connectivity index is 2.07. The van der Waals surface area contributed by atoms with Crippen molar-refractivity contribution in [2.24, 2.45) is 0 Å². The van der Waals surface area contributed by atoms with Crippen LogP contribution in [0.4, 0.5) is 0 Å². The van der Waals surface area contributed by atoms with Crippen LogP contribution in [0.5, 0.6) is 5.88 Å². The fourth-order valence-corrected chi connectivity index (χ4v) is 2.02. The third-order valence-corrected chi connectivity index (χ3v) is 2.94. The Labute approximate surface area is 103 Å². The molecular formula is C11H14BrNO3. The molecule has 16 heavy (non-hydrogen) atoms. The van der Waals surface area contributed by atoms with Crippen LogP contribution in [0.3, 0.4) is 0 Å². The van der Waals surface area contributed by atoms with Gasteiger partial charge in [-0.25, -0.2) is 4.98 Å². The Morgan fingerprint density at radius 2 is 2.25 bits per heavy atom. The number of aliphatic hydroxyl groups excluding tert-OH is 1. The summed E-state index contributed by atoms with van der Waals surface area (Å²) in [4.78, 5) is 4.17. The van der Waals surface area contributed by atoms with E-state index in [1.54, 1.807) is 6.20 Å². The summed E-state index contributed by atoms with van der Waals surface area (Å²) in [5.41, 5.74) is 0.709. The summed E-state index contributed by atoms with van der Waals surface area (Å²) in [6.45, 7) is 1.40. The molecule has 5 heteroatoms. The molecule has 2 rings (SSSR count). The van der Waals surface area contributed by atoms with Crippen molar-refractivity contribution in [1.82, 2.24) is 4.98 Å². The van der Waals surface area contributed by atoms with E-state index < -0.39 is 0 Å². The maximum absolute atomic E-state index is 9.21. The van der Waals surface area contributed by atoms with Crippen LogP contribution in [0.15, 0.2) is 16.7 Å². The van der Waals surface area contributed by atoms with E-state index in [0.29, 0.717) is 11.4 Å². The molecule has 0 bridgehead atoms. The molecule has 4 nitrogen and oxygen atoms in total. The second-order valence-electron chi connectivity index (χ2n) is 3.71. The Bertz CT molecular complexity index is 353. The van der Waals surface area contributed by atoms with E-state index in [0.717, 1.165) is 30.5 Å². The summed E-state index contributed by atoms with van der Waals surface area (Å²) < 4.78 is 11.9. The van der Waals surface area contributed by atoms with Gasteiger partial charge in [-0.05, 0) is 22.0 Å². The minimum absolute atomic E-state index is 0.0645. The topological polar surface area (TPSA) is 51.6 Å². The Morgan fingerprint density at radius 1 is 1.50 bits per heavy atom. The molecule has 0 aromatic carbocycles. The highest BCUT2D eigenvalue weighted by molar-refractivity contribution is 9.10. The molecule has 1 aromatic rings. The van der Waals surface area contributed by atoms with Gasteiger partial charge in [0.25, 0.3) is 0 Å². The number of hydrogen-bond donors (Lipinski definition) is 1. The summed E-state index contributed by atoms with van der Waals surface area (Å²) in [5.74, 6) is 0.526. The second-order valence-corrected chi connectivity index (χ2v) is 4.62. The molecule has 1 saturated heterocycles. The molecule has 0 spiro atoms. The van der Waals surface area contributed by atoms with Gasteiger partial charge in [0.05, 0.1) is 19.8 Å². The largest absolute Gasteiger partial charge is 0.474 e. The van der Waals surface area contributed by atoms with Crippen molar-refractivity contribution in [3.05, 3.63) is 22.3 Å². The third kappa shape index (κ3) is 2.93. The highest BCUT2D eigenvalue weighted by atomic mass is 79.9. The fourth-order valence-electron chi connectivity index (χ4n) is 1.64. The predicted molar refractivity (Wildman–Crippen MR) is 62.3 cm³/mol. The number of ether oxygens (including phenoxy) is 2. The van der Waals surface area contributed by atoms with Crippen LogP contribution in [0.25, 0.3) is 0 Å². The minimum atomic E-state index is -0.0645. The van der Waals surface area contributed by atoms with Crippen LogP contribution in [0.2, 0.25) is 0 Å². The van der Waals surface area contributed by atoms with Crippen molar-refractivity contribution in [3.8, 4) is 5.88 Å². The highest BCUT2D eigenvalue weighted by Crippen LogP contribution is 2.23. The summed E-state index contributed by atoms with van der Waals surface area (Å²) >= 11 is 3.31. The van der Waals surface area contributed by atoms with E-state index in [1.807, 2.05) is 6.07 Å². The third-order valence-electron chi connectivity index (χ3n) is 2.51. The van der Waals surface area contributed by atoms with Gasteiger partial charge in [-0.3, -0.25) is 0 Å². The molecule has 88 valence electrons. The zero-order chi connectivity index (χ0) is 11.4. The average molecular weight is 288 g/mol. The maximum Gasteiger partial charge on any atom is 0.219 e. The molecule has 0 aliphatic carbocycles. The van der Waals surface area contributed by atoms with E-state index in [-0.39, 0.29) is 12.7 Å². The van der Waals surface area contributed by atoms with Gasteiger partial charge >= 0.3 is 0 Å². The van der Waals surface area contributed by atoms with Crippen LogP contribution in [-0.2, 0) is 11.3 Å². The Kier molecular flexibility index (Phi) is 4.15. The number of halogens is 1. The van der Waals surface area contributed by atoms with Gasteiger partial charge in [-0.15, -0.1) is 0 Å². The van der Waals surface area contributed by atoms with Gasteiger partial charge in [0.1, 0.15) is 6.10 Å². The lowest BCUT2D eigenvalue weighted by molar-refractivity contribution is 0.0228. The van der Waals surface area contributed by atoms with E-state index in [1.165, 1.54) is 0 Å². The lowest BCUT2D eigenvalue weighted by Crippen LogP contribution is -2.26. The Morgan fingerprint density at radius 3 is 2.94 bits per heavy atom. The first-order valence-corrected chi connectivity index (χ1v) is 6.08. The van der Waals surface area contributed by atoms with Crippen molar-refractivity contribution in [1.29, 1.82) is 0 Å². The van der Waals surface area contributed by atoms with E-state index in [9.17, 15) is 5.11 Å². The average Bonchev–Trinajstić information content (AvgIpc) is 2.33. The van der Waals surface area contributed by atoms with Gasteiger partial charge in [-0.1, -0.05) is 0 Å². The second kappa shape index (κ2) is 5.61. The number of aliphatic hydroxyl groups is 1. The summed E-state index contributed by atoms with van der Waals surface area (Å²) in [5, 5.41) is 9.21. The first-order chi connectivity index (χ1) is 7.79. The molecule has 2 heterocycles. The molecule has 1 fully saturated rings. The van der Waals surface area contributed by atoms with E-state index in [4.69, 9.17) is 9.47 Å². The molecule has 0 amide bonds. The maximum atomic E-state index is 9.21. The van der Waals surface area contributed by atoms with Gasteiger partial charge in [-0.2, -0.15) is 0 Å². The standard InChI is InChI=1S/C11H14BrNO3/c12-9-5-8(7-14)11(13-6-9)16-10-1-3-15-4-2-10/h5-6,10,14H,1-4,7H2. The Hall–Kier alpha value is -0.650. The number of hydrogen-bond acceptors (Lipinski definition) is 4. The van der Waals surface area contributed by atoms with E-state index in [2.05, 4.69) is 20.9 Å². The van der Waals surface area contributed by atoms with Crippen LogP contribution >= 0.6 is 15.9 Å². The van der Waals surface area contributed by atoms with Crippen molar-refractivity contribution >= 4 is 15.9 Å². The van der Waals surface area contributed by atoms with Crippen molar-refractivity contribution < 1.29 is 14.6 Å². The highest BCUT2D eigenvalue weighted by Gasteiger charge is 2.17. The predicted octanol–water partition coefficient (Wildman–Crippen LogP) is 1.89. The fraction of sp³-hybridized carbons (Fsp3) is 0.545. The summed E-state index contributed by atoms with van der Waals surface area (Å²) in [6.07, 6.45) is 3.58. The molecule has 1 aliphatic rings. The normalized spacial score (nSPS) is 17.4. The van der Waals surface area contributed by atoms with Crippen molar-refractivity contribution in [2.45, 2.75) is 25.6 Å². The molecule has 0 saturated carbocycles. The quantitative estimate of drug-likeness (QED) is 0.923. The number of pyridine rings is 1. The van der Waals surface area contributed by atoms with Gasteiger partial charge in [0, 0.05) is 29.1 Å². The lowest BCUT2D eigenvalue weighted by atomic mass is 10.1. The number of nitrogens with zero attached hydrogens (tertiary/aromatic N) is 1. The van der Waals surface area contributed by atoms with Gasteiger partial charge in [0.2, 0.25) is 5.88 Å². The van der Waals surface area contributed by atoms with Crippen LogP contribution < -0.4 is 4.74 Å². The first kappa shape index (κ1) is 11.8. The first-order valence-electron chi connectivity index (χ1n) is 5.29. The van der Waals surface area contributed by atoms with Crippen LogP contribution in [-0.4, -0.2) is 29.4 Å². The minimum Gasteiger partial charge on any atom is -0.474 e. The zero-order valence-corrected chi connectivity index (χ0v) is 10.4. The summed E-state index contributed by atoms with van der Waals surface area (Å²) in [6, 6.07) is 1.82. The number of rotatable bonds is 3. The molecule has 1 N–H and O–H groups in total.